The summed E-state index contributed by atoms with van der Waals surface area (Å²) in [6.45, 7) is 1.65. The van der Waals surface area contributed by atoms with Gasteiger partial charge in [0.15, 0.2) is 5.60 Å². The van der Waals surface area contributed by atoms with Crippen LogP contribution in [0.2, 0.25) is 0 Å². The number of aliphatic hydroxyl groups is 1. The second kappa shape index (κ2) is 4.27. The number of carbonyl (C=O) groups is 1. The molecule has 0 radical (unpaired) electrons. The fraction of sp³-hybridized carbons (Fsp3) is 0.300. The lowest BCUT2D eigenvalue weighted by Crippen LogP contribution is -2.35. The molecular formula is C10H11IO3. The van der Waals surface area contributed by atoms with Crippen molar-refractivity contribution in [3.05, 3.63) is 33.4 Å². The third kappa shape index (κ3) is 1.90. The molecule has 14 heavy (non-hydrogen) atoms. The molecule has 0 fully saturated rings. The minimum absolute atomic E-state index is 0.155. The molecule has 1 rings (SSSR count). The zero-order valence-corrected chi connectivity index (χ0v) is 9.85. The SMILES string of the molecule is CCC(O)(C(=O)O)c1ccccc1I. The molecule has 4 heteroatoms. The van der Waals surface area contributed by atoms with E-state index in [4.69, 9.17) is 5.11 Å². The summed E-state index contributed by atoms with van der Waals surface area (Å²) >= 11 is 2.02. The van der Waals surface area contributed by atoms with Crippen LogP contribution in [-0.2, 0) is 10.4 Å². The van der Waals surface area contributed by atoms with Gasteiger partial charge in [0.25, 0.3) is 0 Å². The maximum atomic E-state index is 11.0. The third-order valence-corrected chi connectivity index (χ3v) is 3.13. The fourth-order valence-corrected chi connectivity index (χ4v) is 2.09. The van der Waals surface area contributed by atoms with Crippen LogP contribution < -0.4 is 0 Å². The number of hydrogen-bond donors (Lipinski definition) is 2. The normalized spacial score (nSPS) is 14.8. The first kappa shape index (κ1) is 11.5. The zero-order chi connectivity index (χ0) is 10.8. The molecule has 0 aliphatic rings. The zero-order valence-electron chi connectivity index (χ0n) is 7.70. The lowest BCUT2D eigenvalue weighted by Gasteiger charge is -2.23. The number of halogens is 1. The molecule has 0 aliphatic carbocycles. The van der Waals surface area contributed by atoms with Gasteiger partial charge in [-0.15, -0.1) is 0 Å². The highest BCUT2D eigenvalue weighted by Crippen LogP contribution is 2.28. The summed E-state index contributed by atoms with van der Waals surface area (Å²) < 4.78 is 0.761. The van der Waals surface area contributed by atoms with E-state index in [-0.39, 0.29) is 6.42 Å². The van der Waals surface area contributed by atoms with Gasteiger partial charge in [-0.3, -0.25) is 0 Å². The van der Waals surface area contributed by atoms with Crippen molar-refractivity contribution in [2.75, 3.05) is 0 Å². The first-order chi connectivity index (χ1) is 6.52. The Morgan fingerprint density at radius 1 is 1.50 bits per heavy atom. The maximum absolute atomic E-state index is 11.0. The molecule has 2 N–H and O–H groups in total. The van der Waals surface area contributed by atoms with Crippen LogP contribution in [0.3, 0.4) is 0 Å². The highest BCUT2D eigenvalue weighted by atomic mass is 127. The molecular weight excluding hydrogens is 295 g/mol. The predicted octanol–water partition coefficient (Wildman–Crippen LogP) is 1.97. The van der Waals surface area contributed by atoms with E-state index in [2.05, 4.69) is 0 Å². The molecule has 0 spiro atoms. The van der Waals surface area contributed by atoms with Gasteiger partial charge < -0.3 is 10.2 Å². The van der Waals surface area contributed by atoms with Crippen LogP contribution in [0.25, 0.3) is 0 Å². The smallest absolute Gasteiger partial charge is 0.340 e. The van der Waals surface area contributed by atoms with Gasteiger partial charge in [-0.05, 0) is 35.1 Å². The summed E-state index contributed by atoms with van der Waals surface area (Å²) in [5.41, 5.74) is -1.31. The van der Waals surface area contributed by atoms with Gasteiger partial charge in [-0.1, -0.05) is 25.1 Å². The van der Waals surface area contributed by atoms with Crippen molar-refractivity contribution in [3.63, 3.8) is 0 Å². The average molecular weight is 306 g/mol. The Kier molecular flexibility index (Phi) is 3.49. The number of carboxylic acids is 1. The van der Waals surface area contributed by atoms with Crippen molar-refractivity contribution < 1.29 is 15.0 Å². The van der Waals surface area contributed by atoms with Gasteiger partial charge in [-0.2, -0.15) is 0 Å². The van der Waals surface area contributed by atoms with Gasteiger partial charge in [0.2, 0.25) is 0 Å². The molecule has 0 bridgehead atoms. The highest BCUT2D eigenvalue weighted by Gasteiger charge is 2.37. The van der Waals surface area contributed by atoms with Gasteiger partial charge in [0, 0.05) is 9.13 Å². The number of benzene rings is 1. The highest BCUT2D eigenvalue weighted by molar-refractivity contribution is 14.1. The summed E-state index contributed by atoms with van der Waals surface area (Å²) in [6.07, 6.45) is 0.155. The molecule has 3 nitrogen and oxygen atoms in total. The molecule has 0 amide bonds. The minimum Gasteiger partial charge on any atom is -0.479 e. The van der Waals surface area contributed by atoms with E-state index in [1.54, 1.807) is 25.1 Å². The first-order valence-corrected chi connectivity index (χ1v) is 5.31. The number of rotatable bonds is 3. The van der Waals surface area contributed by atoms with Gasteiger partial charge >= 0.3 is 5.97 Å². The van der Waals surface area contributed by atoms with Crippen LogP contribution in [0.1, 0.15) is 18.9 Å². The fourth-order valence-electron chi connectivity index (χ4n) is 1.25. The van der Waals surface area contributed by atoms with E-state index in [1.807, 2.05) is 28.7 Å². The van der Waals surface area contributed by atoms with Crippen LogP contribution in [-0.4, -0.2) is 16.2 Å². The Hall–Kier alpha value is -0.620. The molecule has 1 atom stereocenters. The van der Waals surface area contributed by atoms with E-state index in [0.29, 0.717) is 5.56 Å². The van der Waals surface area contributed by atoms with Crippen molar-refractivity contribution >= 4 is 28.6 Å². The van der Waals surface area contributed by atoms with Crippen LogP contribution in [0.15, 0.2) is 24.3 Å². The van der Waals surface area contributed by atoms with E-state index in [9.17, 15) is 9.90 Å². The molecule has 0 saturated heterocycles. The Morgan fingerprint density at radius 2 is 2.07 bits per heavy atom. The number of hydrogen-bond acceptors (Lipinski definition) is 2. The second-order valence-corrected chi connectivity index (χ2v) is 4.16. The van der Waals surface area contributed by atoms with E-state index < -0.39 is 11.6 Å². The Labute approximate surface area is 95.9 Å². The first-order valence-electron chi connectivity index (χ1n) is 4.23. The molecule has 0 heterocycles. The summed E-state index contributed by atoms with van der Waals surface area (Å²) in [7, 11) is 0. The Bertz CT molecular complexity index is 351. The van der Waals surface area contributed by atoms with Gasteiger partial charge in [0.1, 0.15) is 0 Å². The van der Waals surface area contributed by atoms with Crippen molar-refractivity contribution in [2.45, 2.75) is 18.9 Å². The minimum atomic E-state index is -1.77. The summed E-state index contributed by atoms with van der Waals surface area (Å²) in [5, 5.41) is 18.9. The number of carboxylic acid groups (broad SMARTS) is 1. The van der Waals surface area contributed by atoms with Crippen molar-refractivity contribution in [1.29, 1.82) is 0 Å². The molecule has 0 aliphatic heterocycles. The van der Waals surface area contributed by atoms with E-state index in [1.165, 1.54) is 0 Å². The van der Waals surface area contributed by atoms with Crippen molar-refractivity contribution in [1.82, 2.24) is 0 Å². The quantitative estimate of drug-likeness (QED) is 0.840. The predicted molar refractivity (Wildman–Crippen MR) is 61.0 cm³/mol. The average Bonchev–Trinajstić information content (AvgIpc) is 2.17. The van der Waals surface area contributed by atoms with Crippen LogP contribution in [0.4, 0.5) is 0 Å². The van der Waals surface area contributed by atoms with Crippen molar-refractivity contribution in [2.24, 2.45) is 0 Å². The van der Waals surface area contributed by atoms with E-state index in [0.717, 1.165) is 3.57 Å². The Morgan fingerprint density at radius 3 is 2.50 bits per heavy atom. The van der Waals surface area contributed by atoms with E-state index >= 15 is 0 Å². The molecule has 76 valence electrons. The monoisotopic (exact) mass is 306 g/mol. The molecule has 0 saturated carbocycles. The lowest BCUT2D eigenvalue weighted by atomic mass is 9.91. The summed E-state index contributed by atoms with van der Waals surface area (Å²) in [6, 6.07) is 6.95. The van der Waals surface area contributed by atoms with Crippen molar-refractivity contribution in [3.8, 4) is 0 Å². The third-order valence-electron chi connectivity index (χ3n) is 2.18. The van der Waals surface area contributed by atoms with Crippen LogP contribution in [0, 0.1) is 3.57 Å². The Balaban J connectivity index is 3.26. The molecule has 1 unspecified atom stereocenters. The van der Waals surface area contributed by atoms with Crippen LogP contribution >= 0.6 is 22.6 Å². The van der Waals surface area contributed by atoms with Gasteiger partial charge in [-0.25, -0.2) is 4.79 Å². The topological polar surface area (TPSA) is 57.5 Å². The summed E-state index contributed by atoms with van der Waals surface area (Å²) in [4.78, 5) is 11.0. The summed E-state index contributed by atoms with van der Waals surface area (Å²) in [5.74, 6) is -1.20. The lowest BCUT2D eigenvalue weighted by molar-refractivity contribution is -0.160. The molecule has 1 aromatic carbocycles. The van der Waals surface area contributed by atoms with Gasteiger partial charge in [0.05, 0.1) is 0 Å². The second-order valence-electron chi connectivity index (χ2n) is 3.00. The van der Waals surface area contributed by atoms with Crippen LogP contribution in [0.5, 0.6) is 0 Å². The largest absolute Gasteiger partial charge is 0.479 e. The standard InChI is InChI=1S/C10H11IO3/c1-2-10(14,9(12)13)7-5-3-4-6-8(7)11/h3-6,14H,2H2,1H3,(H,12,13). The molecule has 1 aromatic rings. The molecule has 0 aromatic heterocycles. The number of aliphatic carboxylic acids is 1. The maximum Gasteiger partial charge on any atom is 0.340 e.